The van der Waals surface area contributed by atoms with Crippen molar-refractivity contribution in [3.8, 4) is 66.8 Å². The van der Waals surface area contributed by atoms with Gasteiger partial charge in [0.2, 0.25) is 0 Å². The molecule has 10 rings (SSSR count). The summed E-state index contributed by atoms with van der Waals surface area (Å²) in [5.74, 6) is -0.385. The maximum atomic E-state index is 11.8. The van der Waals surface area contributed by atoms with Crippen LogP contribution < -0.4 is 0 Å². The molecule has 55 heavy (non-hydrogen) atoms. The largest absolute Gasteiger partial charge is 0.463 e. The molecule has 0 saturated heterocycles. The van der Waals surface area contributed by atoms with E-state index in [4.69, 9.17) is 4.74 Å². The van der Waals surface area contributed by atoms with Crippen LogP contribution in [0.15, 0.2) is 158 Å². The zero-order valence-corrected chi connectivity index (χ0v) is 31.6. The van der Waals surface area contributed by atoms with Crippen molar-refractivity contribution in [1.82, 2.24) is 0 Å². The molecule has 3 aliphatic carbocycles. The van der Waals surface area contributed by atoms with Crippen LogP contribution in [-0.4, -0.2) is 12.6 Å². The van der Waals surface area contributed by atoms with Crippen LogP contribution in [0, 0.1) is 0 Å². The molecule has 266 valence electrons. The van der Waals surface area contributed by atoms with Crippen LogP contribution in [0.3, 0.4) is 0 Å². The lowest BCUT2D eigenvalue weighted by atomic mass is 9.69. The summed E-state index contributed by atoms with van der Waals surface area (Å²) < 4.78 is 5.42. The quantitative estimate of drug-likeness (QED) is 0.0679. The van der Waals surface area contributed by atoms with Crippen molar-refractivity contribution in [2.45, 2.75) is 44.4 Å². The minimum atomic E-state index is -0.385. The van der Waals surface area contributed by atoms with Gasteiger partial charge in [0, 0.05) is 16.9 Å². The molecule has 1 atom stereocenters. The second-order valence-corrected chi connectivity index (χ2v) is 16.0. The van der Waals surface area contributed by atoms with E-state index in [1.807, 2.05) is 0 Å². The molecule has 7 aromatic rings. The van der Waals surface area contributed by atoms with Gasteiger partial charge in [-0.25, -0.2) is 4.79 Å². The Morgan fingerprint density at radius 3 is 1.76 bits per heavy atom. The van der Waals surface area contributed by atoms with Gasteiger partial charge in [0.1, 0.15) is 0 Å². The summed E-state index contributed by atoms with van der Waals surface area (Å²) >= 11 is 0. The summed E-state index contributed by atoms with van der Waals surface area (Å²) in [6.07, 6.45) is 2.73. The molecule has 0 bridgehead atoms. The fourth-order valence-corrected chi connectivity index (χ4v) is 10.2. The molecule has 0 amide bonds. The van der Waals surface area contributed by atoms with E-state index in [1.54, 1.807) is 0 Å². The maximum Gasteiger partial charge on any atom is 0.330 e. The third-order valence-electron chi connectivity index (χ3n) is 12.9. The lowest BCUT2D eigenvalue weighted by Gasteiger charge is -2.33. The molecule has 0 spiro atoms. The van der Waals surface area contributed by atoms with E-state index in [1.165, 1.54) is 106 Å². The van der Waals surface area contributed by atoms with Gasteiger partial charge in [-0.3, -0.25) is 0 Å². The minimum Gasteiger partial charge on any atom is -0.463 e. The minimum absolute atomic E-state index is 0.181. The Kier molecular flexibility index (Phi) is 7.35. The highest BCUT2D eigenvalue weighted by atomic mass is 16.5. The van der Waals surface area contributed by atoms with Crippen molar-refractivity contribution < 1.29 is 9.53 Å². The molecule has 0 fully saturated rings. The number of esters is 1. The molecule has 0 aliphatic heterocycles. The first-order chi connectivity index (χ1) is 26.7. The first-order valence-electron chi connectivity index (χ1n) is 19.4. The maximum absolute atomic E-state index is 11.8. The first kappa shape index (κ1) is 33.3. The second kappa shape index (κ2) is 12.1. The molecule has 2 heteroatoms. The molecule has 0 N–H and O–H groups in total. The van der Waals surface area contributed by atoms with E-state index in [-0.39, 0.29) is 16.8 Å². The summed E-state index contributed by atoms with van der Waals surface area (Å²) in [4.78, 5) is 11.8. The number of rotatable bonds is 8. The zero-order chi connectivity index (χ0) is 37.6. The molecule has 0 heterocycles. The summed E-state index contributed by atoms with van der Waals surface area (Å²) in [6.45, 7) is 15.4. The standard InChI is InChI=1S/C53H42O2/c1-6-50(54)55-28-12-27-53(32(2)3)46-18-10-9-15-39(46)42-23-20-34(30-49(42)53)33-19-22-40-41-24-21-35(31-48(41)52(4,5)47(40)29-33)36-25-26-45-38-14-8-7-13-37(38)44-17-11-16-43(36)51(44)45/h6-11,13-26,29-31H,1-2,12,27-28H2,3-5H3. The van der Waals surface area contributed by atoms with Crippen LogP contribution in [0.1, 0.15) is 55.9 Å². The highest BCUT2D eigenvalue weighted by Crippen LogP contribution is 2.57. The van der Waals surface area contributed by atoms with E-state index in [0.717, 1.165) is 12.0 Å². The van der Waals surface area contributed by atoms with Gasteiger partial charge in [-0.2, -0.15) is 0 Å². The fraction of sp³-hybridized carbons (Fsp3) is 0.151. The summed E-state index contributed by atoms with van der Waals surface area (Å²) in [5.41, 5.74) is 21.2. The van der Waals surface area contributed by atoms with Crippen LogP contribution in [0.5, 0.6) is 0 Å². The molecule has 3 aliphatic rings. The Morgan fingerprint density at radius 1 is 0.582 bits per heavy atom. The number of hydrogen-bond donors (Lipinski definition) is 0. The number of fused-ring (bicyclic) bond motifs is 9. The van der Waals surface area contributed by atoms with Gasteiger partial charge in [-0.15, -0.1) is 0 Å². The molecular formula is C53H42O2. The van der Waals surface area contributed by atoms with Gasteiger partial charge in [0.15, 0.2) is 0 Å². The van der Waals surface area contributed by atoms with Gasteiger partial charge in [0.05, 0.1) is 6.61 Å². The Morgan fingerprint density at radius 2 is 1.09 bits per heavy atom. The highest BCUT2D eigenvalue weighted by Gasteiger charge is 2.44. The van der Waals surface area contributed by atoms with Crippen LogP contribution in [0.2, 0.25) is 0 Å². The van der Waals surface area contributed by atoms with E-state index >= 15 is 0 Å². The van der Waals surface area contributed by atoms with E-state index < -0.39 is 0 Å². The number of hydrogen-bond acceptors (Lipinski definition) is 2. The fourth-order valence-electron chi connectivity index (χ4n) is 10.2. The average molecular weight is 711 g/mol. The Balaban J connectivity index is 1.03. The van der Waals surface area contributed by atoms with E-state index in [2.05, 4.69) is 167 Å². The Labute approximate surface area is 323 Å². The van der Waals surface area contributed by atoms with Crippen molar-refractivity contribution in [3.05, 3.63) is 181 Å². The summed E-state index contributed by atoms with van der Waals surface area (Å²) in [6, 6.07) is 50.0. The molecule has 1 unspecified atom stereocenters. The molecule has 0 radical (unpaired) electrons. The molecular weight excluding hydrogens is 669 g/mol. The van der Waals surface area contributed by atoms with Gasteiger partial charge < -0.3 is 4.74 Å². The molecule has 0 aromatic heterocycles. The van der Waals surface area contributed by atoms with Gasteiger partial charge in [0.25, 0.3) is 0 Å². The van der Waals surface area contributed by atoms with Crippen molar-refractivity contribution in [1.29, 1.82) is 0 Å². The zero-order valence-electron chi connectivity index (χ0n) is 31.6. The molecule has 2 nitrogen and oxygen atoms in total. The Bertz CT molecular complexity index is 2780. The van der Waals surface area contributed by atoms with Crippen LogP contribution >= 0.6 is 0 Å². The summed E-state index contributed by atoms with van der Waals surface area (Å²) in [7, 11) is 0. The van der Waals surface area contributed by atoms with Crippen LogP contribution in [0.4, 0.5) is 0 Å². The Hall–Kier alpha value is -6.25. The number of carbonyl (C=O) groups is 1. The van der Waals surface area contributed by atoms with Crippen molar-refractivity contribution in [2.75, 3.05) is 6.61 Å². The normalized spacial score (nSPS) is 16.2. The van der Waals surface area contributed by atoms with Gasteiger partial charge >= 0.3 is 5.97 Å². The van der Waals surface area contributed by atoms with Crippen molar-refractivity contribution >= 4 is 16.7 Å². The first-order valence-corrected chi connectivity index (χ1v) is 19.4. The van der Waals surface area contributed by atoms with Crippen LogP contribution in [-0.2, 0) is 20.4 Å². The monoisotopic (exact) mass is 710 g/mol. The molecule has 0 saturated carbocycles. The van der Waals surface area contributed by atoms with E-state index in [9.17, 15) is 4.79 Å². The second-order valence-electron chi connectivity index (χ2n) is 16.0. The predicted octanol–water partition coefficient (Wildman–Crippen LogP) is 13.5. The SMILES string of the molecule is C=CC(=O)OCCCC1(C(=C)C)c2ccccc2-c2ccc(-c3ccc4c(c3)C(C)(C)c3cc(-c5ccc6c7c(cccc57)-c5ccccc5-6)ccc3-4)cc21. The van der Waals surface area contributed by atoms with Crippen molar-refractivity contribution in [2.24, 2.45) is 0 Å². The number of ether oxygens (including phenoxy) is 1. The average Bonchev–Trinajstić information content (AvgIpc) is 3.78. The third-order valence-corrected chi connectivity index (χ3v) is 12.9. The lowest BCUT2D eigenvalue weighted by molar-refractivity contribution is -0.137. The summed E-state index contributed by atoms with van der Waals surface area (Å²) in [5, 5.41) is 2.67. The van der Waals surface area contributed by atoms with Gasteiger partial charge in [-0.05, 0) is 138 Å². The van der Waals surface area contributed by atoms with Gasteiger partial charge in [-0.1, -0.05) is 148 Å². The van der Waals surface area contributed by atoms with Crippen molar-refractivity contribution in [3.63, 3.8) is 0 Å². The van der Waals surface area contributed by atoms with Crippen LogP contribution in [0.25, 0.3) is 77.5 Å². The van der Waals surface area contributed by atoms with E-state index in [0.29, 0.717) is 13.0 Å². The number of benzene rings is 7. The highest BCUT2D eigenvalue weighted by molar-refractivity contribution is 6.18. The lowest BCUT2D eigenvalue weighted by Crippen LogP contribution is -2.27. The topological polar surface area (TPSA) is 26.3 Å². The number of allylic oxidation sites excluding steroid dienone is 1. The predicted molar refractivity (Wildman–Crippen MR) is 228 cm³/mol. The number of carbonyl (C=O) groups excluding carboxylic acids is 1. The molecule has 7 aromatic carbocycles. The smallest absolute Gasteiger partial charge is 0.330 e. The third kappa shape index (κ3) is 4.70.